The van der Waals surface area contributed by atoms with Crippen LogP contribution in [0, 0.1) is 6.92 Å². The maximum absolute atomic E-state index is 13.0. The number of hydrogen-bond donors (Lipinski definition) is 1. The van der Waals surface area contributed by atoms with Crippen molar-refractivity contribution in [2.75, 3.05) is 16.8 Å². The fraction of sp³-hybridized carbons (Fsp3) is 0.120. The van der Waals surface area contributed by atoms with Gasteiger partial charge in [0.25, 0.3) is 5.95 Å². The number of anilines is 2. The number of benzene rings is 3. The summed E-state index contributed by atoms with van der Waals surface area (Å²) in [6.07, 6.45) is 2.11. The minimum atomic E-state index is -0.174. The topological polar surface area (TPSA) is 75.9 Å². The molecule has 0 bridgehead atoms. The number of aromatic nitrogens is 4. The molecular formula is C25H22N6O. The Hall–Kier alpha value is -4.26. The molecule has 0 aliphatic carbocycles. The molecule has 1 aliphatic rings. The maximum Gasteiger partial charge on any atom is 0.251 e. The van der Waals surface area contributed by atoms with Gasteiger partial charge in [0.05, 0.1) is 5.70 Å². The van der Waals surface area contributed by atoms with Crippen LogP contribution in [0.4, 0.5) is 11.6 Å². The summed E-state index contributed by atoms with van der Waals surface area (Å²) in [5.41, 5.74) is 4.75. The van der Waals surface area contributed by atoms with Crippen LogP contribution in [0.5, 0.6) is 0 Å². The second-order valence-electron chi connectivity index (χ2n) is 7.65. The minimum Gasteiger partial charge on any atom is -0.324 e. The highest BCUT2D eigenvalue weighted by Gasteiger charge is 2.31. The zero-order chi connectivity index (χ0) is 21.9. The van der Waals surface area contributed by atoms with Crippen molar-refractivity contribution >= 4 is 23.2 Å². The molecule has 0 spiro atoms. The van der Waals surface area contributed by atoms with Crippen molar-refractivity contribution < 1.29 is 4.79 Å². The van der Waals surface area contributed by atoms with E-state index in [-0.39, 0.29) is 18.5 Å². The third-order valence-electron chi connectivity index (χ3n) is 5.52. The van der Waals surface area contributed by atoms with Gasteiger partial charge in [-0.1, -0.05) is 84.0 Å². The number of aryl methyl sites for hydroxylation is 1. The van der Waals surface area contributed by atoms with Crippen molar-refractivity contribution in [3.8, 4) is 0 Å². The van der Waals surface area contributed by atoms with Crippen LogP contribution < -0.4 is 10.2 Å². The Morgan fingerprint density at radius 3 is 2.38 bits per heavy atom. The zero-order valence-corrected chi connectivity index (χ0v) is 17.6. The van der Waals surface area contributed by atoms with E-state index in [2.05, 4.69) is 39.1 Å². The summed E-state index contributed by atoms with van der Waals surface area (Å²) in [4.78, 5) is 14.9. The van der Waals surface area contributed by atoms with Crippen molar-refractivity contribution in [2.24, 2.45) is 0 Å². The molecule has 4 aromatic rings. The molecule has 1 aliphatic heterocycles. The van der Waals surface area contributed by atoms with Crippen LogP contribution in [0.1, 0.15) is 22.7 Å². The van der Waals surface area contributed by atoms with Gasteiger partial charge in [0.2, 0.25) is 5.91 Å². The molecule has 0 saturated carbocycles. The lowest BCUT2D eigenvalue weighted by molar-refractivity contribution is -0.114. The molecule has 1 N–H and O–H groups in total. The van der Waals surface area contributed by atoms with Crippen molar-refractivity contribution in [1.29, 1.82) is 0 Å². The number of amides is 1. The number of carbonyl (C=O) groups excluding carboxylic acids is 1. The third-order valence-corrected chi connectivity index (χ3v) is 5.52. The number of hydrogen-bond acceptors (Lipinski definition) is 5. The van der Waals surface area contributed by atoms with E-state index in [9.17, 15) is 4.79 Å². The van der Waals surface area contributed by atoms with Gasteiger partial charge in [-0.2, -0.15) is 4.68 Å². The lowest BCUT2D eigenvalue weighted by atomic mass is 10.0. The number of nitrogens with one attached hydrogen (secondary N) is 1. The normalized spacial score (nSPS) is 15.1. The van der Waals surface area contributed by atoms with Crippen LogP contribution in [0.2, 0.25) is 0 Å². The SMILES string of the molecule is Cc1ccccc1NC(=O)CN1C(c2ccccc2)=CC(c2ccccc2)n2nnnc21. The lowest BCUT2D eigenvalue weighted by Crippen LogP contribution is -2.37. The molecule has 1 aromatic heterocycles. The Bertz CT molecular complexity index is 1270. The monoisotopic (exact) mass is 422 g/mol. The average molecular weight is 422 g/mol. The highest BCUT2D eigenvalue weighted by Crippen LogP contribution is 2.36. The summed E-state index contributed by atoms with van der Waals surface area (Å²) in [5, 5.41) is 15.4. The molecule has 1 amide bonds. The number of tetrazole rings is 1. The molecule has 158 valence electrons. The summed E-state index contributed by atoms with van der Waals surface area (Å²) >= 11 is 0. The standard InChI is InChI=1S/C25H22N6O/c1-18-10-8-9-15-21(18)26-24(32)17-30-22(19-11-4-2-5-12-19)16-23(20-13-6-3-7-14-20)31-25(30)27-28-29-31/h2-16,23H,17H2,1H3,(H,26,32). The van der Waals surface area contributed by atoms with Crippen molar-refractivity contribution in [3.63, 3.8) is 0 Å². The van der Waals surface area contributed by atoms with Crippen LogP contribution >= 0.6 is 0 Å². The Labute approximate surface area is 186 Å². The molecule has 0 fully saturated rings. The number of rotatable bonds is 5. The molecule has 32 heavy (non-hydrogen) atoms. The fourth-order valence-electron chi connectivity index (χ4n) is 3.92. The summed E-state index contributed by atoms with van der Waals surface area (Å²) in [6.45, 7) is 2.05. The first-order chi connectivity index (χ1) is 15.7. The highest BCUT2D eigenvalue weighted by molar-refractivity contribution is 5.97. The van der Waals surface area contributed by atoms with Gasteiger partial charge in [-0.15, -0.1) is 0 Å². The molecule has 0 saturated heterocycles. The molecule has 7 nitrogen and oxygen atoms in total. The van der Waals surface area contributed by atoms with Crippen LogP contribution in [-0.2, 0) is 4.79 Å². The Morgan fingerprint density at radius 1 is 0.938 bits per heavy atom. The van der Waals surface area contributed by atoms with Crippen LogP contribution in [-0.4, -0.2) is 32.7 Å². The first-order valence-corrected chi connectivity index (χ1v) is 10.4. The highest BCUT2D eigenvalue weighted by atomic mass is 16.2. The van der Waals surface area contributed by atoms with E-state index in [1.807, 2.05) is 84.6 Å². The lowest BCUT2D eigenvalue weighted by Gasteiger charge is -2.32. The van der Waals surface area contributed by atoms with E-state index in [0.717, 1.165) is 28.1 Å². The summed E-state index contributed by atoms with van der Waals surface area (Å²) < 4.78 is 1.75. The van der Waals surface area contributed by atoms with E-state index in [0.29, 0.717) is 5.95 Å². The predicted octanol–water partition coefficient (Wildman–Crippen LogP) is 4.07. The second kappa shape index (κ2) is 8.47. The van der Waals surface area contributed by atoms with E-state index in [4.69, 9.17) is 0 Å². The second-order valence-corrected chi connectivity index (χ2v) is 7.65. The van der Waals surface area contributed by atoms with Crippen LogP contribution in [0.15, 0.2) is 91.0 Å². The Kier molecular flexibility index (Phi) is 5.21. The van der Waals surface area contributed by atoms with Crippen LogP contribution in [0.3, 0.4) is 0 Å². The van der Waals surface area contributed by atoms with Crippen molar-refractivity contribution in [2.45, 2.75) is 13.0 Å². The van der Waals surface area contributed by atoms with Gasteiger partial charge in [-0.25, -0.2) is 0 Å². The van der Waals surface area contributed by atoms with Gasteiger partial charge >= 0.3 is 0 Å². The molecule has 5 rings (SSSR count). The van der Waals surface area contributed by atoms with E-state index >= 15 is 0 Å². The molecule has 1 unspecified atom stereocenters. The van der Waals surface area contributed by atoms with E-state index in [1.54, 1.807) is 4.68 Å². The molecule has 0 radical (unpaired) electrons. The minimum absolute atomic E-state index is 0.0803. The number of fused-ring (bicyclic) bond motifs is 1. The Morgan fingerprint density at radius 2 is 1.62 bits per heavy atom. The number of para-hydroxylation sites is 1. The molecule has 1 atom stereocenters. The fourth-order valence-corrected chi connectivity index (χ4v) is 3.92. The van der Waals surface area contributed by atoms with Crippen molar-refractivity contribution in [1.82, 2.24) is 20.2 Å². The Balaban J connectivity index is 1.53. The van der Waals surface area contributed by atoms with Crippen molar-refractivity contribution in [3.05, 3.63) is 108 Å². The summed E-state index contributed by atoms with van der Waals surface area (Å²) in [6, 6.07) is 27.6. The quantitative estimate of drug-likeness (QED) is 0.525. The van der Waals surface area contributed by atoms with Gasteiger partial charge in [0.1, 0.15) is 12.6 Å². The third kappa shape index (κ3) is 3.76. The summed E-state index contributed by atoms with van der Waals surface area (Å²) in [5.74, 6) is 0.383. The first kappa shape index (κ1) is 19.7. The maximum atomic E-state index is 13.0. The van der Waals surface area contributed by atoms with Gasteiger partial charge < -0.3 is 5.32 Å². The summed E-state index contributed by atoms with van der Waals surface area (Å²) in [7, 11) is 0. The predicted molar refractivity (Wildman–Crippen MR) is 124 cm³/mol. The zero-order valence-electron chi connectivity index (χ0n) is 17.6. The molecule has 3 aromatic carbocycles. The van der Waals surface area contributed by atoms with Gasteiger partial charge in [0.15, 0.2) is 0 Å². The number of carbonyl (C=O) groups is 1. The largest absolute Gasteiger partial charge is 0.324 e. The van der Waals surface area contributed by atoms with E-state index in [1.165, 1.54) is 0 Å². The molecule has 7 heteroatoms. The van der Waals surface area contributed by atoms with Crippen LogP contribution in [0.25, 0.3) is 5.70 Å². The van der Waals surface area contributed by atoms with Gasteiger partial charge in [-0.3, -0.25) is 9.69 Å². The average Bonchev–Trinajstić information content (AvgIpc) is 3.32. The van der Waals surface area contributed by atoms with Gasteiger partial charge in [0, 0.05) is 5.69 Å². The molecular weight excluding hydrogens is 400 g/mol. The van der Waals surface area contributed by atoms with Gasteiger partial charge in [-0.05, 0) is 46.2 Å². The molecule has 2 heterocycles. The first-order valence-electron chi connectivity index (χ1n) is 10.4. The smallest absolute Gasteiger partial charge is 0.251 e. The number of nitrogens with zero attached hydrogens (tertiary/aromatic N) is 5. The van der Waals surface area contributed by atoms with E-state index < -0.39 is 0 Å². The number of allylic oxidation sites excluding steroid dienone is 1.